The third kappa shape index (κ3) is 2.89. The number of ether oxygens (including phenoxy) is 1. The highest BCUT2D eigenvalue weighted by Gasteiger charge is 2.27. The van der Waals surface area contributed by atoms with Gasteiger partial charge in [-0.15, -0.1) is 0 Å². The van der Waals surface area contributed by atoms with Crippen LogP contribution in [0.4, 0.5) is 8.78 Å². The molecule has 1 aliphatic rings. The molecule has 19 heavy (non-hydrogen) atoms. The van der Waals surface area contributed by atoms with Crippen molar-refractivity contribution in [3.8, 4) is 11.6 Å². The van der Waals surface area contributed by atoms with Gasteiger partial charge in [0.15, 0.2) is 11.6 Å². The number of hydrogen-bond donors (Lipinski definition) is 0. The first-order valence-electron chi connectivity index (χ1n) is 5.79. The van der Waals surface area contributed by atoms with E-state index in [4.69, 9.17) is 4.74 Å². The first-order chi connectivity index (χ1) is 9.11. The van der Waals surface area contributed by atoms with E-state index in [0.717, 1.165) is 31.0 Å². The highest BCUT2D eigenvalue weighted by atomic mass is 79.9. The maximum absolute atomic E-state index is 13.5. The van der Waals surface area contributed by atoms with Crippen LogP contribution >= 0.6 is 15.9 Å². The van der Waals surface area contributed by atoms with Crippen LogP contribution in [0.2, 0.25) is 0 Å². The van der Waals surface area contributed by atoms with Crippen LogP contribution in [0, 0.1) is 11.6 Å². The molecular formula is C13H9BrF2N2O. The third-order valence-electron chi connectivity index (χ3n) is 2.74. The topological polar surface area (TPSA) is 35.0 Å². The van der Waals surface area contributed by atoms with Crippen molar-refractivity contribution in [1.82, 2.24) is 9.97 Å². The minimum atomic E-state index is -0.635. The Bertz CT molecular complexity index is 632. The Morgan fingerprint density at radius 1 is 1.16 bits per heavy atom. The number of hydrogen-bond acceptors (Lipinski definition) is 3. The zero-order valence-electron chi connectivity index (χ0n) is 9.74. The summed E-state index contributed by atoms with van der Waals surface area (Å²) < 4.78 is 32.4. The molecule has 0 saturated heterocycles. The molecule has 0 aliphatic heterocycles. The largest absolute Gasteiger partial charge is 0.436 e. The number of nitrogens with zero attached hydrogens (tertiary/aromatic N) is 2. The minimum Gasteiger partial charge on any atom is -0.436 e. The molecule has 0 amide bonds. The van der Waals surface area contributed by atoms with Gasteiger partial charge in [0, 0.05) is 18.1 Å². The number of rotatable bonds is 3. The fraction of sp³-hybridized carbons (Fsp3) is 0.231. The van der Waals surface area contributed by atoms with Gasteiger partial charge in [-0.3, -0.25) is 0 Å². The van der Waals surface area contributed by atoms with Crippen LogP contribution < -0.4 is 4.74 Å². The van der Waals surface area contributed by atoms with Gasteiger partial charge in [-0.25, -0.2) is 13.8 Å². The predicted octanol–water partition coefficient (Wildman–Crippen LogP) is 4.19. The van der Waals surface area contributed by atoms with E-state index in [9.17, 15) is 8.78 Å². The molecule has 3 rings (SSSR count). The number of benzene rings is 1. The normalized spacial score (nSPS) is 14.5. The fourth-order valence-electron chi connectivity index (χ4n) is 1.66. The smallest absolute Gasteiger partial charge is 0.223 e. The molecule has 0 bridgehead atoms. The van der Waals surface area contributed by atoms with E-state index in [0.29, 0.717) is 16.3 Å². The van der Waals surface area contributed by atoms with Gasteiger partial charge >= 0.3 is 0 Å². The molecule has 0 unspecified atom stereocenters. The molecule has 0 spiro atoms. The van der Waals surface area contributed by atoms with E-state index in [-0.39, 0.29) is 11.6 Å². The SMILES string of the molecule is Fc1ccc(F)c(Oc2cc(Br)nc(C3CC3)n2)c1. The monoisotopic (exact) mass is 326 g/mol. The van der Waals surface area contributed by atoms with Crippen LogP contribution in [-0.4, -0.2) is 9.97 Å². The summed E-state index contributed by atoms with van der Waals surface area (Å²) in [6.07, 6.45) is 2.09. The van der Waals surface area contributed by atoms with E-state index in [1.54, 1.807) is 0 Å². The summed E-state index contributed by atoms with van der Waals surface area (Å²) in [6.45, 7) is 0. The van der Waals surface area contributed by atoms with Crippen molar-refractivity contribution in [3.05, 3.63) is 46.3 Å². The molecule has 98 valence electrons. The Morgan fingerprint density at radius 2 is 1.95 bits per heavy atom. The van der Waals surface area contributed by atoms with Gasteiger partial charge in [-0.2, -0.15) is 4.98 Å². The number of aromatic nitrogens is 2. The Hall–Kier alpha value is -1.56. The molecule has 1 fully saturated rings. The zero-order chi connectivity index (χ0) is 13.4. The average molecular weight is 327 g/mol. The summed E-state index contributed by atoms with van der Waals surface area (Å²) in [7, 11) is 0. The van der Waals surface area contributed by atoms with Crippen molar-refractivity contribution < 1.29 is 13.5 Å². The Kier molecular flexibility index (Phi) is 3.18. The summed E-state index contributed by atoms with van der Waals surface area (Å²) in [6, 6.07) is 4.56. The molecule has 1 saturated carbocycles. The lowest BCUT2D eigenvalue weighted by Gasteiger charge is -2.07. The maximum atomic E-state index is 13.5. The molecule has 2 aromatic rings. The van der Waals surface area contributed by atoms with E-state index in [1.807, 2.05) is 0 Å². The van der Waals surface area contributed by atoms with Crippen LogP contribution in [0.3, 0.4) is 0 Å². The Balaban J connectivity index is 1.92. The zero-order valence-corrected chi connectivity index (χ0v) is 11.3. The van der Waals surface area contributed by atoms with Crippen LogP contribution in [0.25, 0.3) is 0 Å². The van der Waals surface area contributed by atoms with Crippen molar-refractivity contribution in [2.45, 2.75) is 18.8 Å². The van der Waals surface area contributed by atoms with E-state index >= 15 is 0 Å². The second-order valence-corrected chi connectivity index (χ2v) is 5.15. The molecule has 6 heteroatoms. The first kappa shape index (κ1) is 12.5. The van der Waals surface area contributed by atoms with Crippen molar-refractivity contribution >= 4 is 15.9 Å². The summed E-state index contributed by atoms with van der Waals surface area (Å²) in [4.78, 5) is 8.44. The molecule has 1 aromatic carbocycles. The summed E-state index contributed by atoms with van der Waals surface area (Å²) in [5.74, 6) is -0.171. The predicted molar refractivity (Wildman–Crippen MR) is 68.1 cm³/mol. The van der Waals surface area contributed by atoms with Crippen LogP contribution in [0.5, 0.6) is 11.6 Å². The Morgan fingerprint density at radius 3 is 2.68 bits per heavy atom. The van der Waals surface area contributed by atoms with Crippen LogP contribution in [0.1, 0.15) is 24.6 Å². The Labute approximate surface area is 116 Å². The lowest BCUT2D eigenvalue weighted by molar-refractivity contribution is 0.419. The number of halogens is 3. The van der Waals surface area contributed by atoms with Crippen molar-refractivity contribution in [2.24, 2.45) is 0 Å². The maximum Gasteiger partial charge on any atom is 0.223 e. The average Bonchev–Trinajstić information content (AvgIpc) is 3.17. The summed E-state index contributed by atoms with van der Waals surface area (Å²) in [5, 5.41) is 0. The molecule has 1 aliphatic carbocycles. The quantitative estimate of drug-likeness (QED) is 0.793. The fourth-order valence-corrected chi connectivity index (χ4v) is 2.04. The van der Waals surface area contributed by atoms with Gasteiger partial charge in [-0.1, -0.05) is 0 Å². The molecular weight excluding hydrogens is 318 g/mol. The van der Waals surface area contributed by atoms with Crippen LogP contribution in [0.15, 0.2) is 28.9 Å². The minimum absolute atomic E-state index is 0.188. The molecule has 1 aromatic heterocycles. The van der Waals surface area contributed by atoms with Gasteiger partial charge in [-0.05, 0) is 40.9 Å². The van der Waals surface area contributed by atoms with Gasteiger partial charge in [0.05, 0.1) is 0 Å². The molecule has 0 atom stereocenters. The standard InChI is InChI=1S/C13H9BrF2N2O/c14-11-6-12(18-13(17-11)7-1-2-7)19-10-5-8(15)3-4-9(10)16/h3-7H,1-2H2. The van der Waals surface area contributed by atoms with Crippen LogP contribution in [-0.2, 0) is 0 Å². The molecule has 3 nitrogen and oxygen atoms in total. The second-order valence-electron chi connectivity index (χ2n) is 4.34. The van der Waals surface area contributed by atoms with Gasteiger partial charge in [0.1, 0.15) is 16.2 Å². The molecule has 0 radical (unpaired) electrons. The second kappa shape index (κ2) is 4.85. The van der Waals surface area contributed by atoms with E-state index in [1.165, 1.54) is 6.07 Å². The first-order valence-corrected chi connectivity index (χ1v) is 6.58. The molecule has 0 N–H and O–H groups in total. The van der Waals surface area contributed by atoms with E-state index in [2.05, 4.69) is 25.9 Å². The third-order valence-corrected chi connectivity index (χ3v) is 3.15. The summed E-state index contributed by atoms with van der Waals surface area (Å²) >= 11 is 3.26. The lowest BCUT2D eigenvalue weighted by atomic mass is 10.3. The van der Waals surface area contributed by atoms with Gasteiger partial charge in [0.25, 0.3) is 0 Å². The van der Waals surface area contributed by atoms with Crippen molar-refractivity contribution in [1.29, 1.82) is 0 Å². The van der Waals surface area contributed by atoms with Crippen molar-refractivity contribution in [3.63, 3.8) is 0 Å². The van der Waals surface area contributed by atoms with Crippen molar-refractivity contribution in [2.75, 3.05) is 0 Å². The van der Waals surface area contributed by atoms with Gasteiger partial charge in [0.2, 0.25) is 5.88 Å². The van der Waals surface area contributed by atoms with E-state index < -0.39 is 11.6 Å². The summed E-state index contributed by atoms with van der Waals surface area (Å²) in [5.41, 5.74) is 0. The van der Waals surface area contributed by atoms with Gasteiger partial charge < -0.3 is 4.74 Å². The lowest BCUT2D eigenvalue weighted by Crippen LogP contribution is -1.98. The highest BCUT2D eigenvalue weighted by molar-refractivity contribution is 9.10. The highest BCUT2D eigenvalue weighted by Crippen LogP contribution is 2.39. The molecule has 1 heterocycles.